The van der Waals surface area contributed by atoms with Gasteiger partial charge in [0.1, 0.15) is 11.6 Å². The second-order valence-corrected chi connectivity index (χ2v) is 6.90. The summed E-state index contributed by atoms with van der Waals surface area (Å²) in [5, 5.41) is 0. The number of carbonyl (C=O) groups is 2. The third kappa shape index (κ3) is 3.78. The number of piperazine rings is 1. The molecule has 2 aromatic carbocycles. The first-order chi connectivity index (χ1) is 13.6. The summed E-state index contributed by atoms with van der Waals surface area (Å²) < 4.78 is 18.5. The van der Waals surface area contributed by atoms with Crippen molar-refractivity contribution in [2.24, 2.45) is 0 Å². The fourth-order valence-corrected chi connectivity index (χ4v) is 3.63. The molecule has 0 atom stereocenters. The number of hydrogen-bond donors (Lipinski definition) is 0. The van der Waals surface area contributed by atoms with Gasteiger partial charge in [-0.2, -0.15) is 0 Å². The fourth-order valence-electron chi connectivity index (χ4n) is 3.63. The lowest BCUT2D eigenvalue weighted by atomic mass is 10.2. The van der Waals surface area contributed by atoms with E-state index in [2.05, 4.69) is 4.90 Å². The van der Waals surface area contributed by atoms with Gasteiger partial charge in [0.2, 0.25) is 5.91 Å². The Hall–Kier alpha value is -3.09. The van der Waals surface area contributed by atoms with E-state index in [1.54, 1.807) is 17.0 Å². The first kappa shape index (κ1) is 18.3. The molecule has 0 spiro atoms. The van der Waals surface area contributed by atoms with Crippen LogP contribution in [0.3, 0.4) is 0 Å². The Morgan fingerprint density at radius 1 is 1.00 bits per heavy atom. The third-order valence-corrected chi connectivity index (χ3v) is 5.18. The Morgan fingerprint density at radius 3 is 2.46 bits per heavy atom. The van der Waals surface area contributed by atoms with Gasteiger partial charge in [-0.15, -0.1) is 0 Å². The molecule has 2 aliphatic heterocycles. The number of halogens is 1. The van der Waals surface area contributed by atoms with Crippen LogP contribution in [-0.2, 0) is 9.59 Å². The Labute approximate surface area is 163 Å². The van der Waals surface area contributed by atoms with Gasteiger partial charge in [-0.3, -0.25) is 9.59 Å². The molecule has 2 amide bonds. The Kier molecular flexibility index (Phi) is 5.14. The predicted molar refractivity (Wildman–Crippen MR) is 104 cm³/mol. The molecule has 2 aromatic rings. The summed E-state index contributed by atoms with van der Waals surface area (Å²) in [4.78, 5) is 30.5. The van der Waals surface area contributed by atoms with Crippen molar-refractivity contribution in [3.8, 4) is 5.75 Å². The third-order valence-electron chi connectivity index (χ3n) is 5.18. The minimum absolute atomic E-state index is 0.00154. The second-order valence-electron chi connectivity index (χ2n) is 6.90. The smallest absolute Gasteiger partial charge is 0.265 e. The van der Waals surface area contributed by atoms with Crippen LogP contribution in [0.4, 0.5) is 15.8 Å². The van der Waals surface area contributed by atoms with E-state index >= 15 is 0 Å². The molecule has 6 nitrogen and oxygen atoms in total. The number of nitrogens with zero attached hydrogens (tertiary/aromatic N) is 3. The van der Waals surface area contributed by atoms with Crippen molar-refractivity contribution in [1.82, 2.24) is 4.90 Å². The van der Waals surface area contributed by atoms with Crippen LogP contribution in [0.2, 0.25) is 0 Å². The second kappa shape index (κ2) is 7.88. The van der Waals surface area contributed by atoms with Crippen molar-refractivity contribution in [3.63, 3.8) is 0 Å². The number of fused-ring (bicyclic) bond motifs is 1. The monoisotopic (exact) mass is 383 g/mol. The molecule has 2 aliphatic rings. The minimum atomic E-state index is -0.253. The molecule has 0 unspecified atom stereocenters. The molecule has 0 N–H and O–H groups in total. The van der Waals surface area contributed by atoms with Crippen molar-refractivity contribution in [2.45, 2.75) is 6.42 Å². The van der Waals surface area contributed by atoms with Gasteiger partial charge in [0.15, 0.2) is 6.61 Å². The molecule has 1 saturated heterocycles. The molecular weight excluding hydrogens is 361 g/mol. The molecule has 146 valence electrons. The largest absolute Gasteiger partial charge is 0.482 e. The van der Waals surface area contributed by atoms with Crippen LogP contribution in [0.1, 0.15) is 6.42 Å². The predicted octanol–water partition coefficient (Wildman–Crippen LogP) is 2.29. The molecule has 7 heteroatoms. The molecule has 28 heavy (non-hydrogen) atoms. The Morgan fingerprint density at radius 2 is 1.71 bits per heavy atom. The summed E-state index contributed by atoms with van der Waals surface area (Å²) in [6, 6.07) is 13.8. The molecule has 0 bridgehead atoms. The highest BCUT2D eigenvalue weighted by Gasteiger charge is 2.27. The summed E-state index contributed by atoms with van der Waals surface area (Å²) in [7, 11) is 0. The number of carbonyl (C=O) groups excluding carboxylic acids is 2. The van der Waals surface area contributed by atoms with Gasteiger partial charge in [-0.05, 0) is 36.4 Å². The average Bonchev–Trinajstić information content (AvgIpc) is 2.73. The zero-order chi connectivity index (χ0) is 19.5. The van der Waals surface area contributed by atoms with Crippen LogP contribution in [0, 0.1) is 5.82 Å². The number of ether oxygens (including phenoxy) is 1. The topological polar surface area (TPSA) is 53.1 Å². The lowest BCUT2D eigenvalue weighted by molar-refractivity contribution is -0.131. The molecule has 0 saturated carbocycles. The zero-order valence-electron chi connectivity index (χ0n) is 15.5. The summed E-state index contributed by atoms with van der Waals surface area (Å²) in [5.41, 5.74) is 1.68. The van der Waals surface area contributed by atoms with E-state index in [0.717, 1.165) is 5.69 Å². The maximum absolute atomic E-state index is 13.1. The summed E-state index contributed by atoms with van der Waals surface area (Å²) in [5.74, 6) is 0.322. The van der Waals surface area contributed by atoms with Crippen molar-refractivity contribution >= 4 is 23.2 Å². The maximum atomic E-state index is 13.1. The first-order valence-electron chi connectivity index (χ1n) is 9.42. The highest BCUT2D eigenvalue weighted by Crippen LogP contribution is 2.31. The fraction of sp³-hybridized carbons (Fsp3) is 0.333. The lowest BCUT2D eigenvalue weighted by Gasteiger charge is -2.36. The van der Waals surface area contributed by atoms with Crippen LogP contribution < -0.4 is 14.5 Å². The van der Waals surface area contributed by atoms with Crippen molar-refractivity contribution < 1.29 is 18.7 Å². The van der Waals surface area contributed by atoms with E-state index in [1.165, 1.54) is 12.1 Å². The summed E-state index contributed by atoms with van der Waals surface area (Å²) >= 11 is 0. The number of anilines is 2. The molecular formula is C21H22FN3O3. The van der Waals surface area contributed by atoms with Gasteiger partial charge >= 0.3 is 0 Å². The number of hydrogen-bond acceptors (Lipinski definition) is 4. The number of para-hydroxylation sites is 2. The van der Waals surface area contributed by atoms with E-state index in [4.69, 9.17) is 4.74 Å². The SMILES string of the molecule is O=C(CCN1C(=O)COc2ccccc21)N1CCN(c2ccc(F)cc2)CC1. The molecule has 0 aliphatic carbocycles. The van der Waals surface area contributed by atoms with Gasteiger partial charge in [0, 0.05) is 44.8 Å². The average molecular weight is 383 g/mol. The van der Waals surface area contributed by atoms with Crippen molar-refractivity contribution in [3.05, 3.63) is 54.3 Å². The number of rotatable bonds is 4. The highest BCUT2D eigenvalue weighted by molar-refractivity contribution is 5.98. The maximum Gasteiger partial charge on any atom is 0.265 e. The van der Waals surface area contributed by atoms with E-state index in [9.17, 15) is 14.0 Å². The van der Waals surface area contributed by atoms with Gasteiger partial charge in [0.25, 0.3) is 5.91 Å². The molecule has 0 radical (unpaired) electrons. The zero-order valence-corrected chi connectivity index (χ0v) is 15.5. The van der Waals surface area contributed by atoms with Gasteiger partial charge in [-0.25, -0.2) is 4.39 Å². The minimum Gasteiger partial charge on any atom is -0.482 e. The molecule has 4 rings (SSSR count). The molecule has 1 fully saturated rings. The molecule has 2 heterocycles. The summed E-state index contributed by atoms with van der Waals surface area (Å²) in [6.45, 7) is 2.98. The highest BCUT2D eigenvalue weighted by atomic mass is 19.1. The van der Waals surface area contributed by atoms with E-state index in [0.29, 0.717) is 44.2 Å². The number of benzene rings is 2. The standard InChI is InChI=1S/C21H22FN3O3/c22-16-5-7-17(8-6-16)23-11-13-24(14-12-23)20(26)9-10-25-18-3-1-2-4-19(18)28-15-21(25)27/h1-8H,9-15H2. The van der Waals surface area contributed by atoms with Crippen LogP contribution in [0.5, 0.6) is 5.75 Å². The van der Waals surface area contributed by atoms with Crippen molar-refractivity contribution in [1.29, 1.82) is 0 Å². The lowest BCUT2D eigenvalue weighted by Crippen LogP contribution is -2.49. The van der Waals surface area contributed by atoms with Crippen LogP contribution >= 0.6 is 0 Å². The van der Waals surface area contributed by atoms with Crippen LogP contribution in [0.15, 0.2) is 48.5 Å². The normalized spacial score (nSPS) is 16.6. The van der Waals surface area contributed by atoms with E-state index < -0.39 is 0 Å². The first-order valence-corrected chi connectivity index (χ1v) is 9.42. The van der Waals surface area contributed by atoms with Gasteiger partial charge < -0.3 is 19.4 Å². The van der Waals surface area contributed by atoms with Crippen molar-refractivity contribution in [2.75, 3.05) is 49.1 Å². The summed E-state index contributed by atoms with van der Waals surface area (Å²) in [6.07, 6.45) is 0.274. The van der Waals surface area contributed by atoms with E-state index in [-0.39, 0.29) is 30.7 Å². The Balaban J connectivity index is 1.32. The van der Waals surface area contributed by atoms with E-state index in [1.807, 2.05) is 29.2 Å². The quantitative estimate of drug-likeness (QED) is 0.813. The Bertz CT molecular complexity index is 863. The van der Waals surface area contributed by atoms with Gasteiger partial charge in [0.05, 0.1) is 5.69 Å². The van der Waals surface area contributed by atoms with Gasteiger partial charge in [-0.1, -0.05) is 12.1 Å². The molecule has 0 aromatic heterocycles. The van der Waals surface area contributed by atoms with Crippen LogP contribution in [-0.4, -0.2) is 56.0 Å². The number of amides is 2. The van der Waals surface area contributed by atoms with Crippen LogP contribution in [0.25, 0.3) is 0 Å².